The molecule has 1 N–H and O–H groups in total. The zero-order valence-electron chi connectivity index (χ0n) is 16.0. The molecule has 1 atom stereocenters. The highest BCUT2D eigenvalue weighted by atomic mass is 79.9. The van der Waals surface area contributed by atoms with Gasteiger partial charge in [0.1, 0.15) is 0 Å². The summed E-state index contributed by atoms with van der Waals surface area (Å²) in [6.07, 6.45) is 2.14. The summed E-state index contributed by atoms with van der Waals surface area (Å²) < 4.78 is 29.7. The fraction of sp³-hybridized carbons (Fsp3) is 0.300. The number of nitrogens with one attached hydrogen (secondary N) is 1. The van der Waals surface area contributed by atoms with Crippen molar-refractivity contribution in [2.45, 2.75) is 38.4 Å². The second-order valence-electron chi connectivity index (χ2n) is 7.36. The molecule has 4 heterocycles. The van der Waals surface area contributed by atoms with Crippen LogP contribution in [0.15, 0.2) is 34.5 Å². The van der Waals surface area contributed by atoms with Crippen LogP contribution in [0.1, 0.15) is 51.8 Å². The summed E-state index contributed by atoms with van der Waals surface area (Å²) >= 11 is 4.46. The molecule has 7 nitrogen and oxygen atoms in total. The first-order valence-electron chi connectivity index (χ1n) is 9.59. The molecule has 2 amide bonds. The molecule has 5 rings (SSSR count). The van der Waals surface area contributed by atoms with E-state index in [4.69, 9.17) is 0 Å². The Balaban J connectivity index is 1.57. The van der Waals surface area contributed by atoms with Crippen molar-refractivity contribution < 1.29 is 18.4 Å². The van der Waals surface area contributed by atoms with Crippen molar-refractivity contribution >= 4 is 44.2 Å². The molecule has 2 aliphatic rings. The van der Waals surface area contributed by atoms with Gasteiger partial charge in [0, 0.05) is 46.0 Å². The predicted molar refractivity (Wildman–Crippen MR) is 113 cm³/mol. The SMILES string of the molecule is O=C(Nc1nccs1)C(c1ncn2c1CCC2)N1Cc2c(cc(Br)cc2C(F)F)C1=O. The van der Waals surface area contributed by atoms with Crippen LogP contribution in [0.4, 0.5) is 13.9 Å². The van der Waals surface area contributed by atoms with E-state index >= 15 is 0 Å². The van der Waals surface area contributed by atoms with Gasteiger partial charge in [-0.1, -0.05) is 15.9 Å². The number of amides is 2. The van der Waals surface area contributed by atoms with Crippen LogP contribution < -0.4 is 5.32 Å². The number of thiazole rings is 1. The Hall–Kier alpha value is -2.66. The number of carbonyl (C=O) groups is 2. The predicted octanol–water partition coefficient (Wildman–Crippen LogP) is 4.32. The van der Waals surface area contributed by atoms with Crippen LogP contribution in [-0.4, -0.2) is 31.2 Å². The first-order valence-corrected chi connectivity index (χ1v) is 11.3. The minimum absolute atomic E-state index is 0.0939. The molecule has 1 aromatic carbocycles. The topological polar surface area (TPSA) is 80.1 Å². The fourth-order valence-electron chi connectivity index (χ4n) is 4.23. The molecule has 1 unspecified atom stereocenters. The molecular weight excluding hydrogens is 492 g/mol. The van der Waals surface area contributed by atoms with E-state index in [9.17, 15) is 18.4 Å². The van der Waals surface area contributed by atoms with E-state index < -0.39 is 24.3 Å². The second kappa shape index (κ2) is 7.79. The Bertz CT molecular complexity index is 1180. The van der Waals surface area contributed by atoms with E-state index in [0.29, 0.717) is 15.3 Å². The van der Waals surface area contributed by atoms with Crippen LogP contribution in [-0.2, 0) is 24.3 Å². The number of hydrogen-bond donors (Lipinski definition) is 1. The van der Waals surface area contributed by atoms with Crippen molar-refractivity contribution in [3.05, 3.63) is 62.6 Å². The second-order valence-corrected chi connectivity index (χ2v) is 9.17. The van der Waals surface area contributed by atoms with Gasteiger partial charge in [-0.3, -0.25) is 14.9 Å². The molecule has 160 valence electrons. The lowest BCUT2D eigenvalue weighted by Gasteiger charge is -2.26. The molecule has 0 aliphatic carbocycles. The normalized spacial score (nSPS) is 16.0. The maximum absolute atomic E-state index is 13.7. The van der Waals surface area contributed by atoms with E-state index in [0.717, 1.165) is 25.1 Å². The standard InChI is InChI=1S/C20H16BrF2N5O2S/c21-10-6-11(17(22)23)13-8-28(19(30)12(13)7-10)16(18(29)26-20-24-3-5-31-20)15-14-2-1-4-27(14)9-25-15/h3,5-7,9,16-17H,1-2,4,8H2,(H,24,26,29). The summed E-state index contributed by atoms with van der Waals surface area (Å²) in [5, 5.41) is 4.86. The van der Waals surface area contributed by atoms with Gasteiger partial charge in [-0.05, 0) is 30.5 Å². The van der Waals surface area contributed by atoms with Gasteiger partial charge in [0.25, 0.3) is 18.2 Å². The molecule has 0 fully saturated rings. The van der Waals surface area contributed by atoms with Crippen LogP contribution in [0.25, 0.3) is 0 Å². The van der Waals surface area contributed by atoms with Crippen molar-refractivity contribution in [2.75, 3.05) is 5.32 Å². The first-order chi connectivity index (χ1) is 14.9. The fourth-order valence-corrected chi connectivity index (χ4v) is 5.24. The third-order valence-corrected chi connectivity index (χ3v) is 6.72. The average Bonchev–Trinajstić information content (AvgIpc) is 3.50. The Morgan fingerprint density at radius 1 is 1.29 bits per heavy atom. The molecule has 0 bridgehead atoms. The van der Waals surface area contributed by atoms with Crippen LogP contribution in [0.3, 0.4) is 0 Å². The lowest BCUT2D eigenvalue weighted by Crippen LogP contribution is -2.38. The largest absolute Gasteiger partial charge is 0.334 e. The number of aryl methyl sites for hydroxylation is 1. The molecule has 2 aliphatic heterocycles. The van der Waals surface area contributed by atoms with E-state index in [-0.39, 0.29) is 23.2 Å². The lowest BCUT2D eigenvalue weighted by atomic mass is 10.0. The molecule has 0 spiro atoms. The highest BCUT2D eigenvalue weighted by molar-refractivity contribution is 9.10. The van der Waals surface area contributed by atoms with Crippen molar-refractivity contribution in [1.29, 1.82) is 0 Å². The zero-order chi connectivity index (χ0) is 21.7. The zero-order valence-corrected chi connectivity index (χ0v) is 18.4. The van der Waals surface area contributed by atoms with Crippen molar-refractivity contribution in [3.63, 3.8) is 0 Å². The molecular formula is C20H16BrF2N5O2S. The molecule has 2 aromatic heterocycles. The Labute approximate surface area is 188 Å². The van der Waals surface area contributed by atoms with Gasteiger partial charge in [0.15, 0.2) is 11.2 Å². The van der Waals surface area contributed by atoms with Crippen LogP contribution in [0.5, 0.6) is 0 Å². The van der Waals surface area contributed by atoms with E-state index in [1.54, 1.807) is 17.9 Å². The van der Waals surface area contributed by atoms with Crippen molar-refractivity contribution in [1.82, 2.24) is 19.4 Å². The van der Waals surface area contributed by atoms with Gasteiger partial charge >= 0.3 is 0 Å². The Morgan fingerprint density at radius 2 is 2.13 bits per heavy atom. The van der Waals surface area contributed by atoms with Gasteiger partial charge in [0.05, 0.1) is 12.0 Å². The number of rotatable bonds is 5. The number of nitrogens with zero attached hydrogens (tertiary/aromatic N) is 4. The lowest BCUT2D eigenvalue weighted by molar-refractivity contribution is -0.121. The average molecular weight is 508 g/mol. The smallest absolute Gasteiger partial charge is 0.264 e. The highest BCUT2D eigenvalue weighted by Crippen LogP contribution is 2.39. The molecule has 0 saturated heterocycles. The van der Waals surface area contributed by atoms with E-state index in [1.807, 2.05) is 4.57 Å². The summed E-state index contributed by atoms with van der Waals surface area (Å²) in [5.74, 6) is -0.945. The third-order valence-electron chi connectivity index (χ3n) is 5.58. The number of anilines is 1. The quantitative estimate of drug-likeness (QED) is 0.557. The van der Waals surface area contributed by atoms with Crippen molar-refractivity contribution in [2.24, 2.45) is 0 Å². The van der Waals surface area contributed by atoms with E-state index in [2.05, 4.69) is 31.2 Å². The van der Waals surface area contributed by atoms with Crippen LogP contribution >= 0.6 is 27.3 Å². The highest BCUT2D eigenvalue weighted by Gasteiger charge is 2.42. The number of halogens is 3. The molecule has 11 heteroatoms. The third kappa shape index (κ3) is 3.45. The molecule has 3 aromatic rings. The number of benzene rings is 1. The monoisotopic (exact) mass is 507 g/mol. The number of hydrogen-bond acceptors (Lipinski definition) is 5. The Kier molecular flexibility index (Phi) is 5.09. The van der Waals surface area contributed by atoms with E-state index in [1.165, 1.54) is 28.4 Å². The van der Waals surface area contributed by atoms with Gasteiger partial charge in [-0.2, -0.15) is 0 Å². The molecule has 0 saturated carbocycles. The summed E-state index contributed by atoms with van der Waals surface area (Å²) in [4.78, 5) is 36.5. The number of aromatic nitrogens is 3. The van der Waals surface area contributed by atoms with Crippen molar-refractivity contribution in [3.8, 4) is 0 Å². The summed E-state index contributed by atoms with van der Waals surface area (Å²) in [6.45, 7) is 0.698. The van der Waals surface area contributed by atoms with Crippen LogP contribution in [0.2, 0.25) is 0 Å². The molecule has 0 radical (unpaired) electrons. The summed E-state index contributed by atoms with van der Waals surface area (Å²) in [6, 6.07) is 1.79. The Morgan fingerprint density at radius 3 is 2.87 bits per heavy atom. The molecule has 31 heavy (non-hydrogen) atoms. The van der Waals surface area contributed by atoms with Gasteiger partial charge in [0.2, 0.25) is 0 Å². The van der Waals surface area contributed by atoms with Crippen LogP contribution in [0, 0.1) is 0 Å². The summed E-state index contributed by atoms with van der Waals surface area (Å²) in [7, 11) is 0. The van der Waals surface area contributed by atoms with Gasteiger partial charge in [-0.15, -0.1) is 11.3 Å². The number of alkyl halides is 2. The maximum atomic E-state index is 13.7. The van der Waals surface area contributed by atoms with Gasteiger partial charge in [-0.25, -0.2) is 18.7 Å². The first kappa shape index (κ1) is 20.3. The minimum Gasteiger partial charge on any atom is -0.334 e. The van der Waals surface area contributed by atoms with Gasteiger partial charge < -0.3 is 9.47 Å². The summed E-state index contributed by atoms with van der Waals surface area (Å²) in [5.41, 5.74) is 1.57. The number of carbonyl (C=O) groups excluding carboxylic acids is 2. The number of imidazole rings is 1. The number of fused-ring (bicyclic) bond motifs is 2. The maximum Gasteiger partial charge on any atom is 0.264 e. The minimum atomic E-state index is -2.74.